The van der Waals surface area contributed by atoms with Crippen molar-refractivity contribution in [3.63, 3.8) is 0 Å². The summed E-state index contributed by atoms with van der Waals surface area (Å²) in [6, 6.07) is 13.5. The van der Waals surface area contributed by atoms with Gasteiger partial charge in [-0.2, -0.15) is 0 Å². The Balaban J connectivity index is 1.64. The van der Waals surface area contributed by atoms with E-state index in [0.29, 0.717) is 24.5 Å². The fourth-order valence-electron chi connectivity index (χ4n) is 3.62. The van der Waals surface area contributed by atoms with Crippen molar-refractivity contribution < 1.29 is 24.2 Å². The maximum Gasteiger partial charge on any atom is 0.341 e. The highest BCUT2D eigenvalue weighted by molar-refractivity contribution is 5.95. The van der Waals surface area contributed by atoms with Crippen LogP contribution in [-0.2, 0) is 9.53 Å². The number of rotatable bonds is 7. The molecule has 1 heterocycles. The molecule has 1 aliphatic heterocycles. The van der Waals surface area contributed by atoms with Gasteiger partial charge in [-0.05, 0) is 49.1 Å². The topological polar surface area (TPSA) is 84.9 Å². The maximum absolute atomic E-state index is 12.6. The van der Waals surface area contributed by atoms with Gasteiger partial charge in [0.2, 0.25) is 0 Å². The number of hydrogen-bond donors (Lipinski definition) is 2. The minimum Gasteiger partial charge on any atom is -0.481 e. The lowest BCUT2D eigenvalue weighted by Gasteiger charge is -2.19. The van der Waals surface area contributed by atoms with Crippen LogP contribution in [0.1, 0.15) is 39.6 Å². The van der Waals surface area contributed by atoms with Crippen molar-refractivity contribution in [1.29, 1.82) is 0 Å². The smallest absolute Gasteiger partial charge is 0.341 e. The number of benzene rings is 2. The molecule has 0 spiro atoms. The van der Waals surface area contributed by atoms with Crippen LogP contribution in [0.15, 0.2) is 42.5 Å². The van der Waals surface area contributed by atoms with Crippen molar-refractivity contribution in [3.8, 4) is 5.75 Å². The number of hydrogen-bond acceptors (Lipinski definition) is 4. The molecule has 2 aromatic carbocycles. The number of carbonyl (C=O) groups excluding carboxylic acids is 1. The Bertz CT molecular complexity index is 826. The monoisotopic (exact) mass is 383 g/mol. The largest absolute Gasteiger partial charge is 0.481 e. The molecule has 0 bridgehead atoms. The third kappa shape index (κ3) is 4.70. The number of aliphatic carboxylic acids is 1. The second-order valence-corrected chi connectivity index (χ2v) is 7.08. The number of carboxylic acid groups (broad SMARTS) is 1. The van der Waals surface area contributed by atoms with Gasteiger partial charge in [0.15, 0.2) is 6.61 Å². The van der Waals surface area contributed by atoms with Gasteiger partial charge in [0.1, 0.15) is 5.75 Å². The summed E-state index contributed by atoms with van der Waals surface area (Å²) in [6.07, 6.45) is 0.900. The number of aryl methyl sites for hydroxylation is 2. The maximum atomic E-state index is 12.6. The summed E-state index contributed by atoms with van der Waals surface area (Å²) in [7, 11) is 0. The van der Waals surface area contributed by atoms with Gasteiger partial charge in [-0.15, -0.1) is 0 Å². The zero-order chi connectivity index (χ0) is 20.1. The van der Waals surface area contributed by atoms with E-state index in [1.54, 1.807) is 26.0 Å². The van der Waals surface area contributed by atoms with Crippen LogP contribution in [0.25, 0.3) is 0 Å². The first kappa shape index (κ1) is 19.9. The molecule has 1 fully saturated rings. The minimum atomic E-state index is -1.03. The molecular weight excluding hydrogens is 358 g/mol. The van der Waals surface area contributed by atoms with E-state index in [9.17, 15) is 9.59 Å². The molecule has 1 amide bonds. The van der Waals surface area contributed by atoms with Crippen LogP contribution in [0.3, 0.4) is 0 Å². The predicted octanol–water partition coefficient (Wildman–Crippen LogP) is 3.27. The van der Waals surface area contributed by atoms with E-state index in [0.717, 1.165) is 23.1 Å². The highest BCUT2D eigenvalue weighted by Crippen LogP contribution is 2.34. The Morgan fingerprint density at radius 1 is 1.18 bits per heavy atom. The van der Waals surface area contributed by atoms with E-state index < -0.39 is 12.6 Å². The number of nitrogens with one attached hydrogen (secondary N) is 1. The number of carboxylic acids is 1. The first-order chi connectivity index (χ1) is 13.5. The number of carbonyl (C=O) groups is 2. The van der Waals surface area contributed by atoms with Crippen LogP contribution in [-0.4, -0.2) is 36.7 Å². The van der Waals surface area contributed by atoms with Gasteiger partial charge in [-0.1, -0.05) is 30.3 Å². The van der Waals surface area contributed by atoms with E-state index in [1.165, 1.54) is 0 Å². The van der Waals surface area contributed by atoms with Gasteiger partial charge >= 0.3 is 5.97 Å². The lowest BCUT2D eigenvalue weighted by molar-refractivity contribution is -0.139. The van der Waals surface area contributed by atoms with Gasteiger partial charge in [0.05, 0.1) is 6.10 Å². The molecule has 0 unspecified atom stereocenters. The molecule has 28 heavy (non-hydrogen) atoms. The summed E-state index contributed by atoms with van der Waals surface area (Å²) in [5, 5.41) is 11.8. The molecule has 1 aliphatic rings. The molecule has 0 aromatic heterocycles. The fraction of sp³-hybridized carbons (Fsp3) is 0.364. The van der Waals surface area contributed by atoms with E-state index >= 15 is 0 Å². The zero-order valence-electron chi connectivity index (χ0n) is 16.1. The summed E-state index contributed by atoms with van der Waals surface area (Å²) < 4.78 is 11.2. The van der Waals surface area contributed by atoms with E-state index in [-0.39, 0.29) is 17.9 Å². The Hall–Kier alpha value is -2.86. The van der Waals surface area contributed by atoms with Crippen molar-refractivity contribution in [2.24, 2.45) is 5.92 Å². The molecule has 1 saturated heterocycles. The van der Waals surface area contributed by atoms with E-state index in [2.05, 4.69) is 5.32 Å². The zero-order valence-corrected chi connectivity index (χ0v) is 16.1. The van der Waals surface area contributed by atoms with Gasteiger partial charge in [-0.25, -0.2) is 4.79 Å². The average molecular weight is 383 g/mol. The van der Waals surface area contributed by atoms with Crippen LogP contribution in [0, 0.1) is 19.8 Å². The summed E-state index contributed by atoms with van der Waals surface area (Å²) in [5.74, 6) is -0.457. The normalized spacial score (nSPS) is 18.6. The first-order valence-electron chi connectivity index (χ1n) is 9.36. The Kier molecular flexibility index (Phi) is 6.31. The van der Waals surface area contributed by atoms with Crippen molar-refractivity contribution in [2.45, 2.75) is 26.4 Å². The summed E-state index contributed by atoms with van der Waals surface area (Å²) in [6.45, 7) is 4.42. The Morgan fingerprint density at radius 3 is 2.50 bits per heavy atom. The standard InChI is InChI=1S/C22H25NO5/c1-14-10-18(11-15(2)20(14)28-13-19(24)25)22(26)23-12-17-8-9-27-21(17)16-6-4-3-5-7-16/h3-7,10-11,17,21H,8-9,12-13H2,1-2H3,(H,23,26)(H,24,25)/t17-,21-/m1/s1. The number of ether oxygens (including phenoxy) is 2. The van der Waals surface area contributed by atoms with Crippen molar-refractivity contribution >= 4 is 11.9 Å². The second kappa shape index (κ2) is 8.89. The van der Waals surface area contributed by atoms with Gasteiger partial charge in [-0.3, -0.25) is 4.79 Å². The molecule has 0 radical (unpaired) electrons. The Labute approximate surface area is 164 Å². The molecule has 2 atom stereocenters. The lowest BCUT2D eigenvalue weighted by Crippen LogP contribution is -2.30. The first-order valence-corrected chi connectivity index (χ1v) is 9.36. The van der Waals surface area contributed by atoms with Gasteiger partial charge in [0, 0.05) is 24.6 Å². The second-order valence-electron chi connectivity index (χ2n) is 7.08. The molecule has 0 aliphatic carbocycles. The summed E-state index contributed by atoms with van der Waals surface area (Å²) >= 11 is 0. The molecule has 6 nitrogen and oxygen atoms in total. The van der Waals surface area contributed by atoms with Gasteiger partial charge < -0.3 is 19.9 Å². The molecule has 6 heteroatoms. The van der Waals surface area contributed by atoms with Gasteiger partial charge in [0.25, 0.3) is 5.91 Å². The molecule has 2 N–H and O–H groups in total. The predicted molar refractivity (Wildman–Crippen MR) is 105 cm³/mol. The van der Waals surface area contributed by atoms with Crippen LogP contribution in [0.5, 0.6) is 5.75 Å². The summed E-state index contributed by atoms with van der Waals surface area (Å²) in [5.41, 5.74) is 3.13. The van der Waals surface area contributed by atoms with Crippen LogP contribution < -0.4 is 10.1 Å². The highest BCUT2D eigenvalue weighted by atomic mass is 16.5. The van der Waals surface area contributed by atoms with Crippen LogP contribution in [0.4, 0.5) is 0 Å². The van der Waals surface area contributed by atoms with Crippen molar-refractivity contribution in [1.82, 2.24) is 5.32 Å². The molecule has 148 valence electrons. The average Bonchev–Trinajstić information content (AvgIpc) is 3.14. The lowest BCUT2D eigenvalue weighted by atomic mass is 9.95. The summed E-state index contributed by atoms with van der Waals surface area (Å²) in [4.78, 5) is 23.4. The SMILES string of the molecule is Cc1cc(C(=O)NC[C@H]2CCO[C@@H]2c2ccccc2)cc(C)c1OCC(=O)O. The molecular formula is C22H25NO5. The molecule has 2 aromatic rings. The Morgan fingerprint density at radius 2 is 1.86 bits per heavy atom. The molecule has 0 saturated carbocycles. The number of amides is 1. The third-order valence-electron chi connectivity index (χ3n) is 4.93. The van der Waals surface area contributed by atoms with Crippen LogP contribution in [0.2, 0.25) is 0 Å². The molecule has 3 rings (SSSR count). The van der Waals surface area contributed by atoms with Crippen LogP contribution >= 0.6 is 0 Å². The quantitative estimate of drug-likeness (QED) is 0.766. The fourth-order valence-corrected chi connectivity index (χ4v) is 3.62. The van der Waals surface area contributed by atoms with E-state index in [1.807, 2.05) is 30.3 Å². The minimum absolute atomic E-state index is 0.00299. The third-order valence-corrected chi connectivity index (χ3v) is 4.93. The van der Waals surface area contributed by atoms with E-state index in [4.69, 9.17) is 14.6 Å². The van der Waals surface area contributed by atoms with Crippen molar-refractivity contribution in [3.05, 3.63) is 64.7 Å². The highest BCUT2D eigenvalue weighted by Gasteiger charge is 2.29. The van der Waals surface area contributed by atoms with Crippen molar-refractivity contribution in [2.75, 3.05) is 19.8 Å².